The van der Waals surface area contributed by atoms with Gasteiger partial charge in [0.1, 0.15) is 0 Å². The average Bonchev–Trinajstić information content (AvgIpc) is 3.07. The Kier molecular flexibility index (Phi) is 6.27. The maximum Gasteiger partial charge on any atom is 0.321 e. The molecule has 4 unspecified atom stereocenters. The molecular formula is C27H36O5. The molecule has 5 nitrogen and oxygen atoms in total. The molecule has 32 heavy (non-hydrogen) atoms. The van der Waals surface area contributed by atoms with Crippen LogP contribution in [0.25, 0.3) is 0 Å². The number of ether oxygens (including phenoxy) is 2. The zero-order valence-electron chi connectivity index (χ0n) is 19.7. The number of hydrogen-bond acceptors (Lipinski definition) is 5. The number of esters is 2. The number of allylic oxidation sites excluding steroid dienone is 1. The molecule has 3 saturated carbocycles. The molecule has 0 amide bonds. The summed E-state index contributed by atoms with van der Waals surface area (Å²) in [4.78, 5) is 38.1. The normalized spacial score (nSPS) is 38.1. The van der Waals surface area contributed by atoms with Crippen LogP contribution in [0.4, 0.5) is 0 Å². The van der Waals surface area contributed by atoms with Crippen LogP contribution in [0.1, 0.15) is 72.1 Å². The van der Waals surface area contributed by atoms with E-state index in [1.54, 1.807) is 13.8 Å². The van der Waals surface area contributed by atoms with Gasteiger partial charge in [0.15, 0.2) is 11.7 Å². The van der Waals surface area contributed by atoms with Crippen LogP contribution in [0.5, 0.6) is 0 Å². The van der Waals surface area contributed by atoms with Gasteiger partial charge < -0.3 is 9.47 Å². The Morgan fingerprint density at radius 2 is 1.75 bits per heavy atom. The van der Waals surface area contributed by atoms with Crippen molar-refractivity contribution in [2.24, 2.45) is 40.4 Å². The van der Waals surface area contributed by atoms with Gasteiger partial charge in [0.2, 0.25) is 0 Å². The quantitative estimate of drug-likeness (QED) is 0.358. The van der Waals surface area contributed by atoms with Crippen molar-refractivity contribution in [1.82, 2.24) is 0 Å². The molecule has 0 aromatic carbocycles. The first kappa shape index (κ1) is 23.1. The van der Waals surface area contributed by atoms with Crippen molar-refractivity contribution >= 4 is 17.7 Å². The molecule has 6 atom stereocenters. The van der Waals surface area contributed by atoms with E-state index in [2.05, 4.69) is 12.8 Å². The standard InChI is InChI=1S/C27H36O5/c1-5-27(23(24(29)31-6-2)25(30)32-7-3)15-13-22-21-10-8-17-16-18(28)9-11-19(17)20(21)12-14-26(22,27)4/h1,16,19-23H,6-15H2,2-4H3/t19?,20?,21?,22?,26-,27-/m0/s1. The van der Waals surface area contributed by atoms with E-state index in [1.165, 1.54) is 5.57 Å². The molecule has 0 bridgehead atoms. The number of hydrogen-bond donors (Lipinski definition) is 0. The highest BCUT2D eigenvalue weighted by Crippen LogP contribution is 2.69. The Hall–Kier alpha value is -2.09. The van der Waals surface area contributed by atoms with Crippen LogP contribution < -0.4 is 0 Å². The fourth-order valence-corrected chi connectivity index (χ4v) is 8.00. The minimum Gasteiger partial charge on any atom is -0.465 e. The predicted molar refractivity (Wildman–Crippen MR) is 120 cm³/mol. The first-order valence-corrected chi connectivity index (χ1v) is 12.4. The number of carbonyl (C=O) groups excluding carboxylic acids is 3. The van der Waals surface area contributed by atoms with Gasteiger partial charge >= 0.3 is 11.9 Å². The van der Waals surface area contributed by atoms with E-state index in [0.29, 0.717) is 36.5 Å². The minimum absolute atomic E-state index is 0.204. The van der Waals surface area contributed by atoms with Gasteiger partial charge in [-0.2, -0.15) is 0 Å². The first-order chi connectivity index (χ1) is 15.3. The molecule has 0 heterocycles. The van der Waals surface area contributed by atoms with Gasteiger partial charge in [-0.05, 0) is 94.0 Å². The largest absolute Gasteiger partial charge is 0.465 e. The first-order valence-electron chi connectivity index (χ1n) is 12.4. The van der Waals surface area contributed by atoms with Gasteiger partial charge in [0, 0.05) is 6.42 Å². The van der Waals surface area contributed by atoms with E-state index in [0.717, 1.165) is 38.5 Å². The average molecular weight is 441 g/mol. The number of ketones is 1. The summed E-state index contributed by atoms with van der Waals surface area (Å²) in [5.41, 5.74) is 0.140. The molecule has 0 spiro atoms. The highest BCUT2D eigenvalue weighted by atomic mass is 16.6. The smallest absolute Gasteiger partial charge is 0.321 e. The lowest BCUT2D eigenvalue weighted by Gasteiger charge is -2.56. The summed E-state index contributed by atoms with van der Waals surface area (Å²) in [7, 11) is 0. The van der Waals surface area contributed by atoms with Crippen molar-refractivity contribution < 1.29 is 23.9 Å². The number of rotatable bonds is 5. The van der Waals surface area contributed by atoms with Gasteiger partial charge in [-0.1, -0.05) is 18.4 Å². The molecule has 4 aliphatic rings. The topological polar surface area (TPSA) is 69.7 Å². The van der Waals surface area contributed by atoms with Crippen molar-refractivity contribution in [3.63, 3.8) is 0 Å². The lowest BCUT2D eigenvalue weighted by atomic mass is 9.47. The lowest BCUT2D eigenvalue weighted by molar-refractivity contribution is -0.173. The highest BCUT2D eigenvalue weighted by Gasteiger charge is 2.67. The maximum absolute atomic E-state index is 13.1. The summed E-state index contributed by atoms with van der Waals surface area (Å²) in [5.74, 6) is 3.04. The summed E-state index contributed by atoms with van der Waals surface area (Å²) in [6.07, 6.45) is 15.2. The Morgan fingerprint density at radius 3 is 2.38 bits per heavy atom. The van der Waals surface area contributed by atoms with Gasteiger partial charge in [-0.15, -0.1) is 6.42 Å². The minimum atomic E-state index is -1.08. The van der Waals surface area contributed by atoms with Crippen molar-refractivity contribution in [3.8, 4) is 12.3 Å². The molecule has 0 aliphatic heterocycles. The van der Waals surface area contributed by atoms with Gasteiger partial charge in [-0.25, -0.2) is 0 Å². The number of carbonyl (C=O) groups is 3. The molecule has 0 aromatic heterocycles. The van der Waals surface area contributed by atoms with Crippen molar-refractivity contribution in [1.29, 1.82) is 0 Å². The van der Waals surface area contributed by atoms with Crippen LogP contribution in [0, 0.1) is 52.8 Å². The molecule has 0 aromatic rings. The molecule has 0 N–H and O–H groups in total. The van der Waals surface area contributed by atoms with E-state index in [-0.39, 0.29) is 24.4 Å². The van der Waals surface area contributed by atoms with E-state index in [4.69, 9.17) is 15.9 Å². The number of fused-ring (bicyclic) bond motifs is 5. The molecular weight excluding hydrogens is 404 g/mol. The Bertz CT molecular complexity index is 848. The van der Waals surface area contributed by atoms with Gasteiger partial charge in [0.05, 0.1) is 18.6 Å². The van der Waals surface area contributed by atoms with Crippen molar-refractivity contribution in [3.05, 3.63) is 11.6 Å². The maximum atomic E-state index is 13.1. The summed E-state index contributed by atoms with van der Waals surface area (Å²) < 4.78 is 10.7. The third-order valence-corrected chi connectivity index (χ3v) is 9.35. The Labute approximate surface area is 191 Å². The highest BCUT2D eigenvalue weighted by molar-refractivity contribution is 5.97. The second-order valence-electron chi connectivity index (χ2n) is 10.4. The van der Waals surface area contributed by atoms with E-state index < -0.39 is 23.3 Å². The summed E-state index contributed by atoms with van der Waals surface area (Å²) in [5, 5.41) is 0. The zero-order valence-corrected chi connectivity index (χ0v) is 19.7. The van der Waals surface area contributed by atoms with Gasteiger partial charge in [-0.3, -0.25) is 14.4 Å². The Morgan fingerprint density at radius 1 is 1.06 bits per heavy atom. The van der Waals surface area contributed by atoms with Crippen LogP contribution in [0.3, 0.4) is 0 Å². The molecule has 3 fully saturated rings. The van der Waals surface area contributed by atoms with Crippen molar-refractivity contribution in [2.75, 3.05) is 13.2 Å². The second kappa shape index (κ2) is 8.69. The van der Waals surface area contributed by atoms with Crippen LogP contribution in [-0.2, 0) is 23.9 Å². The van der Waals surface area contributed by atoms with Crippen LogP contribution >= 0.6 is 0 Å². The van der Waals surface area contributed by atoms with Crippen LogP contribution in [-0.4, -0.2) is 30.9 Å². The summed E-state index contributed by atoms with van der Waals surface area (Å²) in [6.45, 7) is 6.11. The fourth-order valence-electron chi connectivity index (χ4n) is 8.00. The second-order valence-corrected chi connectivity index (χ2v) is 10.4. The number of terminal acetylenes is 1. The molecule has 174 valence electrons. The SMILES string of the molecule is C#C[C@@]1(C(C(=O)OCC)C(=O)OCC)CCC2C3CCC4=CC(=O)CCC4C3CC[C@@]21C. The molecule has 4 aliphatic carbocycles. The summed E-state index contributed by atoms with van der Waals surface area (Å²) in [6, 6.07) is 0. The van der Waals surface area contributed by atoms with Crippen LogP contribution in [0.15, 0.2) is 11.6 Å². The van der Waals surface area contributed by atoms with E-state index in [1.807, 2.05) is 6.08 Å². The molecule has 0 saturated heterocycles. The van der Waals surface area contributed by atoms with E-state index >= 15 is 0 Å². The monoisotopic (exact) mass is 440 g/mol. The Balaban J connectivity index is 1.69. The van der Waals surface area contributed by atoms with Crippen molar-refractivity contribution in [2.45, 2.75) is 72.1 Å². The summed E-state index contributed by atoms with van der Waals surface area (Å²) >= 11 is 0. The van der Waals surface area contributed by atoms with Crippen LogP contribution in [0.2, 0.25) is 0 Å². The van der Waals surface area contributed by atoms with E-state index in [9.17, 15) is 14.4 Å². The third kappa shape index (κ3) is 3.33. The lowest BCUT2D eigenvalue weighted by Crippen LogP contribution is -2.54. The molecule has 4 rings (SSSR count). The molecule has 0 radical (unpaired) electrons. The zero-order chi connectivity index (χ0) is 23.1. The van der Waals surface area contributed by atoms with Gasteiger partial charge in [0.25, 0.3) is 0 Å². The predicted octanol–water partition coefficient (Wildman–Crippen LogP) is 4.49. The third-order valence-electron chi connectivity index (χ3n) is 9.35. The fraction of sp³-hybridized carbons (Fsp3) is 0.741. The molecule has 5 heteroatoms.